The number of hydrogen-bond donors (Lipinski definition) is 1. The fourth-order valence-corrected chi connectivity index (χ4v) is 4.88. The van der Waals surface area contributed by atoms with Gasteiger partial charge in [0.2, 0.25) is 0 Å². The number of thiocarbonyl (C=S) groups is 1. The summed E-state index contributed by atoms with van der Waals surface area (Å²) in [5.74, 6) is -0.493. The van der Waals surface area contributed by atoms with Crippen LogP contribution in [-0.2, 0) is 22.6 Å². The second-order valence-corrected chi connectivity index (χ2v) is 8.92. The third-order valence-corrected chi connectivity index (χ3v) is 6.56. The molecule has 35 heavy (non-hydrogen) atoms. The molecular formula is C28H25N3O3S. The lowest BCUT2D eigenvalue weighted by atomic mass is 9.97. The first-order valence-electron chi connectivity index (χ1n) is 11.5. The van der Waals surface area contributed by atoms with Crippen molar-refractivity contribution in [2.75, 3.05) is 23.5 Å². The van der Waals surface area contributed by atoms with Gasteiger partial charge in [-0.2, -0.15) is 0 Å². The van der Waals surface area contributed by atoms with Crippen molar-refractivity contribution in [1.29, 1.82) is 0 Å². The third kappa shape index (κ3) is 4.55. The smallest absolute Gasteiger partial charge is 0.270 e. The molecule has 0 spiro atoms. The highest BCUT2D eigenvalue weighted by atomic mass is 32.1. The van der Waals surface area contributed by atoms with Gasteiger partial charge >= 0.3 is 0 Å². The minimum absolute atomic E-state index is 0.0291. The van der Waals surface area contributed by atoms with E-state index in [2.05, 4.69) is 46.6 Å². The largest absolute Gasteiger partial charge is 0.495 e. The molecule has 0 atom stereocenters. The lowest BCUT2D eigenvalue weighted by Crippen LogP contribution is -2.54. The summed E-state index contributed by atoms with van der Waals surface area (Å²) in [4.78, 5) is 29.8. The maximum atomic E-state index is 13.4. The predicted octanol–water partition coefficient (Wildman–Crippen LogP) is 4.48. The number of para-hydroxylation sites is 2. The van der Waals surface area contributed by atoms with Crippen molar-refractivity contribution < 1.29 is 14.3 Å². The highest BCUT2D eigenvalue weighted by Crippen LogP contribution is 2.32. The molecule has 176 valence electrons. The van der Waals surface area contributed by atoms with Crippen LogP contribution in [0.3, 0.4) is 0 Å². The van der Waals surface area contributed by atoms with E-state index in [0.29, 0.717) is 11.4 Å². The minimum Gasteiger partial charge on any atom is -0.495 e. The Bertz CT molecular complexity index is 1340. The average Bonchev–Trinajstić information content (AvgIpc) is 2.87. The van der Waals surface area contributed by atoms with Gasteiger partial charge in [0.25, 0.3) is 11.8 Å². The summed E-state index contributed by atoms with van der Waals surface area (Å²) in [5, 5.41) is 2.67. The molecule has 0 radical (unpaired) electrons. The van der Waals surface area contributed by atoms with Crippen LogP contribution in [-0.4, -0.2) is 30.6 Å². The normalized spacial score (nSPS) is 16.8. The molecule has 3 aromatic carbocycles. The van der Waals surface area contributed by atoms with Gasteiger partial charge in [-0.05, 0) is 72.1 Å². The summed E-state index contributed by atoms with van der Waals surface area (Å²) in [6.07, 6.45) is 3.64. The number of methoxy groups -OCH3 is 1. The Labute approximate surface area is 209 Å². The summed E-state index contributed by atoms with van der Waals surface area (Å²) in [6, 6.07) is 23.6. The summed E-state index contributed by atoms with van der Waals surface area (Å²) in [6.45, 7) is 1.84. The van der Waals surface area contributed by atoms with Crippen LogP contribution in [0.4, 0.5) is 11.4 Å². The van der Waals surface area contributed by atoms with Gasteiger partial charge < -0.3 is 9.64 Å². The molecule has 0 bridgehead atoms. The van der Waals surface area contributed by atoms with Crippen molar-refractivity contribution in [2.24, 2.45) is 0 Å². The van der Waals surface area contributed by atoms with Crippen molar-refractivity contribution in [3.05, 3.63) is 95.1 Å². The van der Waals surface area contributed by atoms with Crippen LogP contribution >= 0.6 is 12.2 Å². The molecule has 1 fully saturated rings. The number of benzene rings is 3. The number of aryl methyl sites for hydroxylation is 1. The molecular weight excluding hydrogens is 458 g/mol. The minimum atomic E-state index is -0.505. The van der Waals surface area contributed by atoms with E-state index in [1.165, 1.54) is 28.8 Å². The number of nitrogens with zero attached hydrogens (tertiary/aromatic N) is 2. The maximum absolute atomic E-state index is 13.4. The molecule has 6 nitrogen and oxygen atoms in total. The first-order chi connectivity index (χ1) is 17.0. The van der Waals surface area contributed by atoms with Crippen molar-refractivity contribution in [2.45, 2.75) is 19.4 Å². The summed E-state index contributed by atoms with van der Waals surface area (Å²) in [5.41, 5.74) is 4.99. The summed E-state index contributed by atoms with van der Waals surface area (Å²) in [7, 11) is 1.53. The average molecular weight is 484 g/mol. The number of ether oxygens (including phenoxy) is 1. The topological polar surface area (TPSA) is 61.9 Å². The van der Waals surface area contributed by atoms with Gasteiger partial charge in [0.1, 0.15) is 11.3 Å². The van der Waals surface area contributed by atoms with E-state index in [0.717, 1.165) is 31.5 Å². The molecule has 0 saturated carbocycles. The molecule has 0 aliphatic carbocycles. The number of fused-ring (bicyclic) bond motifs is 1. The Kier molecular flexibility index (Phi) is 6.33. The molecule has 2 heterocycles. The number of hydrogen-bond acceptors (Lipinski definition) is 5. The highest BCUT2D eigenvalue weighted by Gasteiger charge is 2.35. The molecule has 7 heteroatoms. The van der Waals surface area contributed by atoms with E-state index in [-0.39, 0.29) is 10.7 Å². The van der Waals surface area contributed by atoms with E-state index >= 15 is 0 Å². The van der Waals surface area contributed by atoms with Crippen molar-refractivity contribution >= 4 is 46.6 Å². The monoisotopic (exact) mass is 483 g/mol. The Morgan fingerprint density at radius 3 is 2.57 bits per heavy atom. The van der Waals surface area contributed by atoms with Crippen LogP contribution in [0.25, 0.3) is 6.08 Å². The quantitative estimate of drug-likeness (QED) is 0.329. The van der Waals surface area contributed by atoms with Crippen LogP contribution in [0.5, 0.6) is 5.75 Å². The maximum Gasteiger partial charge on any atom is 0.270 e. The zero-order valence-corrected chi connectivity index (χ0v) is 20.2. The third-order valence-electron chi connectivity index (χ3n) is 6.27. The molecule has 2 aliphatic rings. The van der Waals surface area contributed by atoms with Gasteiger partial charge in [0.05, 0.1) is 12.8 Å². The SMILES string of the molecule is COc1ccccc1N1C(=O)/C(=C/c2ccc3c(c2)CCCN3Cc2ccccc2)C(=O)NC1=S. The van der Waals surface area contributed by atoms with E-state index in [1.54, 1.807) is 24.3 Å². The Balaban J connectivity index is 1.45. The van der Waals surface area contributed by atoms with Crippen molar-refractivity contribution in [3.8, 4) is 5.75 Å². The fourth-order valence-electron chi connectivity index (χ4n) is 4.61. The number of nitrogens with one attached hydrogen (secondary N) is 1. The Morgan fingerprint density at radius 1 is 1.00 bits per heavy atom. The van der Waals surface area contributed by atoms with Gasteiger partial charge in [0, 0.05) is 18.8 Å². The van der Waals surface area contributed by atoms with E-state index in [1.807, 2.05) is 18.2 Å². The first-order valence-corrected chi connectivity index (χ1v) is 11.9. The lowest BCUT2D eigenvalue weighted by molar-refractivity contribution is -0.122. The number of anilines is 2. The zero-order chi connectivity index (χ0) is 24.4. The number of amides is 2. The molecule has 2 amide bonds. The van der Waals surface area contributed by atoms with Gasteiger partial charge in [-0.25, -0.2) is 4.90 Å². The van der Waals surface area contributed by atoms with Crippen LogP contribution in [0.1, 0.15) is 23.1 Å². The summed E-state index contributed by atoms with van der Waals surface area (Å²) < 4.78 is 5.40. The molecule has 1 saturated heterocycles. The first kappa shape index (κ1) is 22.8. The van der Waals surface area contributed by atoms with E-state index in [4.69, 9.17) is 17.0 Å². The van der Waals surface area contributed by atoms with Gasteiger partial charge in [0.15, 0.2) is 5.11 Å². The standard InChI is InChI=1S/C28H25N3O3S/c1-34-25-12-6-5-11-24(25)31-27(33)22(26(32)29-28(31)35)17-20-13-14-23-21(16-20)10-7-15-30(23)18-19-8-3-2-4-9-19/h2-6,8-9,11-14,16-17H,7,10,15,18H2,1H3,(H,29,32,35)/b22-17+. The zero-order valence-electron chi connectivity index (χ0n) is 19.4. The fraction of sp³-hybridized carbons (Fsp3) is 0.179. The Morgan fingerprint density at radius 2 is 1.77 bits per heavy atom. The molecule has 0 unspecified atom stereocenters. The summed E-state index contributed by atoms with van der Waals surface area (Å²) >= 11 is 5.32. The molecule has 5 rings (SSSR count). The molecule has 3 aromatic rings. The van der Waals surface area contributed by atoms with Crippen molar-refractivity contribution in [1.82, 2.24) is 5.32 Å². The second-order valence-electron chi connectivity index (χ2n) is 8.53. The van der Waals surface area contributed by atoms with E-state index in [9.17, 15) is 9.59 Å². The number of rotatable bonds is 5. The number of carbonyl (C=O) groups is 2. The Hall–Kier alpha value is -3.97. The molecule has 2 aliphatic heterocycles. The predicted molar refractivity (Wildman–Crippen MR) is 141 cm³/mol. The molecule has 1 N–H and O–H groups in total. The molecule has 0 aromatic heterocycles. The van der Waals surface area contributed by atoms with Gasteiger partial charge in [-0.3, -0.25) is 14.9 Å². The van der Waals surface area contributed by atoms with Crippen LogP contribution in [0.2, 0.25) is 0 Å². The van der Waals surface area contributed by atoms with Crippen molar-refractivity contribution in [3.63, 3.8) is 0 Å². The number of carbonyl (C=O) groups excluding carboxylic acids is 2. The van der Waals surface area contributed by atoms with Gasteiger partial charge in [-0.1, -0.05) is 48.5 Å². The second kappa shape index (κ2) is 9.72. The van der Waals surface area contributed by atoms with Crippen LogP contribution in [0, 0.1) is 0 Å². The highest BCUT2D eigenvalue weighted by molar-refractivity contribution is 7.80. The lowest BCUT2D eigenvalue weighted by Gasteiger charge is -2.32. The van der Waals surface area contributed by atoms with E-state index < -0.39 is 11.8 Å². The van der Waals surface area contributed by atoms with Crippen LogP contribution < -0.4 is 19.9 Å². The van der Waals surface area contributed by atoms with Crippen LogP contribution in [0.15, 0.2) is 78.4 Å². The van der Waals surface area contributed by atoms with Gasteiger partial charge in [-0.15, -0.1) is 0 Å².